The highest BCUT2D eigenvalue weighted by Gasteiger charge is 2.18. The van der Waals surface area contributed by atoms with Gasteiger partial charge in [0.15, 0.2) is 0 Å². The lowest BCUT2D eigenvalue weighted by molar-refractivity contribution is 0.758. The van der Waals surface area contributed by atoms with Crippen molar-refractivity contribution >= 4 is 18.0 Å². The number of rotatable bonds is 2. The molecule has 116 valence electrons. The van der Waals surface area contributed by atoms with Gasteiger partial charge in [0.2, 0.25) is 0 Å². The number of nitrogens with two attached hydrogens (primary N) is 1. The third kappa shape index (κ3) is 3.26. The van der Waals surface area contributed by atoms with E-state index in [1.807, 2.05) is 0 Å². The SMILES string of the molecule is Cc1cccc2c1CCc1ccccc1C2=CCC(C)N.Cl. The average Bonchev–Trinajstić information content (AvgIpc) is 2.63. The molecule has 3 rings (SSSR count). The van der Waals surface area contributed by atoms with E-state index in [1.165, 1.54) is 33.4 Å². The zero-order valence-corrected chi connectivity index (χ0v) is 14.1. The molecule has 0 spiro atoms. The Balaban J connectivity index is 0.00000176. The minimum Gasteiger partial charge on any atom is -0.328 e. The monoisotopic (exact) mass is 313 g/mol. The fourth-order valence-corrected chi connectivity index (χ4v) is 3.22. The van der Waals surface area contributed by atoms with Crippen LogP contribution in [-0.4, -0.2) is 6.04 Å². The molecule has 22 heavy (non-hydrogen) atoms. The Labute approximate surface area is 139 Å². The van der Waals surface area contributed by atoms with Gasteiger partial charge in [-0.05, 0) is 66.5 Å². The number of halogens is 1. The van der Waals surface area contributed by atoms with E-state index >= 15 is 0 Å². The molecule has 0 aliphatic heterocycles. The number of hydrogen-bond donors (Lipinski definition) is 1. The van der Waals surface area contributed by atoms with E-state index in [4.69, 9.17) is 5.73 Å². The molecule has 0 saturated carbocycles. The Bertz CT molecular complexity index is 686. The van der Waals surface area contributed by atoms with Crippen LogP contribution < -0.4 is 5.73 Å². The van der Waals surface area contributed by atoms with Crippen molar-refractivity contribution in [3.05, 3.63) is 76.4 Å². The minimum absolute atomic E-state index is 0. The Hall–Kier alpha value is -1.57. The van der Waals surface area contributed by atoms with Crippen molar-refractivity contribution in [2.75, 3.05) is 0 Å². The second-order valence-corrected chi connectivity index (χ2v) is 6.09. The molecule has 0 amide bonds. The number of benzene rings is 2. The largest absolute Gasteiger partial charge is 0.328 e. The topological polar surface area (TPSA) is 26.0 Å². The van der Waals surface area contributed by atoms with Gasteiger partial charge in [0.25, 0.3) is 0 Å². The van der Waals surface area contributed by atoms with Gasteiger partial charge in [0.05, 0.1) is 0 Å². The fourth-order valence-electron chi connectivity index (χ4n) is 3.22. The predicted molar refractivity (Wildman–Crippen MR) is 97.6 cm³/mol. The van der Waals surface area contributed by atoms with Gasteiger partial charge in [-0.15, -0.1) is 12.4 Å². The molecule has 1 unspecified atom stereocenters. The summed E-state index contributed by atoms with van der Waals surface area (Å²) in [6.45, 7) is 4.29. The zero-order chi connectivity index (χ0) is 14.8. The number of fused-ring (bicyclic) bond motifs is 2. The van der Waals surface area contributed by atoms with Crippen LogP contribution in [0.2, 0.25) is 0 Å². The molecule has 0 aromatic heterocycles. The molecule has 2 N–H and O–H groups in total. The normalized spacial score (nSPS) is 16.2. The minimum atomic E-state index is 0. The summed E-state index contributed by atoms with van der Waals surface area (Å²) in [5.41, 5.74) is 14.4. The molecule has 0 heterocycles. The molecule has 2 aromatic carbocycles. The summed E-state index contributed by atoms with van der Waals surface area (Å²) in [5.74, 6) is 0. The van der Waals surface area contributed by atoms with Crippen molar-refractivity contribution in [1.29, 1.82) is 0 Å². The molecule has 1 aliphatic rings. The fraction of sp³-hybridized carbons (Fsp3) is 0.300. The maximum atomic E-state index is 5.97. The van der Waals surface area contributed by atoms with Crippen molar-refractivity contribution in [3.63, 3.8) is 0 Å². The van der Waals surface area contributed by atoms with E-state index in [0.29, 0.717) is 0 Å². The third-order valence-electron chi connectivity index (χ3n) is 4.35. The summed E-state index contributed by atoms with van der Waals surface area (Å²) < 4.78 is 0. The van der Waals surface area contributed by atoms with Crippen LogP contribution >= 0.6 is 12.4 Å². The summed E-state index contributed by atoms with van der Waals surface area (Å²) in [7, 11) is 0. The first kappa shape index (κ1) is 16.8. The Morgan fingerprint density at radius 1 is 1.05 bits per heavy atom. The van der Waals surface area contributed by atoms with Gasteiger partial charge >= 0.3 is 0 Å². The summed E-state index contributed by atoms with van der Waals surface area (Å²) in [5, 5.41) is 0. The lowest BCUT2D eigenvalue weighted by atomic mass is 9.91. The van der Waals surface area contributed by atoms with Gasteiger partial charge in [-0.25, -0.2) is 0 Å². The molecule has 0 fully saturated rings. The molecule has 1 nitrogen and oxygen atoms in total. The van der Waals surface area contributed by atoms with E-state index < -0.39 is 0 Å². The quantitative estimate of drug-likeness (QED) is 0.855. The van der Waals surface area contributed by atoms with Gasteiger partial charge in [-0.3, -0.25) is 0 Å². The molecule has 0 bridgehead atoms. The standard InChI is InChI=1S/C20H23N.ClH/c1-14-6-5-9-19-17(14)13-11-16-7-3-4-8-18(16)20(19)12-10-15(2)21;/h3-9,12,15H,10-11,13,21H2,1-2H3;1H. The van der Waals surface area contributed by atoms with Gasteiger partial charge in [-0.2, -0.15) is 0 Å². The Kier molecular flexibility index (Phi) is 5.44. The smallest absolute Gasteiger partial charge is 0.00453 e. The van der Waals surface area contributed by atoms with E-state index in [9.17, 15) is 0 Å². The van der Waals surface area contributed by atoms with Gasteiger partial charge in [-0.1, -0.05) is 48.5 Å². The van der Waals surface area contributed by atoms with Crippen LogP contribution in [0.3, 0.4) is 0 Å². The second kappa shape index (κ2) is 7.13. The molecule has 0 saturated heterocycles. The second-order valence-electron chi connectivity index (χ2n) is 6.09. The van der Waals surface area contributed by atoms with Crippen LogP contribution in [0, 0.1) is 6.92 Å². The lowest BCUT2D eigenvalue weighted by Gasteiger charge is -2.14. The van der Waals surface area contributed by atoms with Crippen molar-refractivity contribution in [1.82, 2.24) is 0 Å². The summed E-state index contributed by atoms with van der Waals surface area (Å²) >= 11 is 0. The first-order valence-electron chi connectivity index (χ1n) is 7.79. The van der Waals surface area contributed by atoms with Crippen LogP contribution in [0.25, 0.3) is 5.57 Å². The van der Waals surface area contributed by atoms with E-state index in [1.54, 1.807) is 0 Å². The molecular weight excluding hydrogens is 290 g/mol. The van der Waals surface area contributed by atoms with Gasteiger partial charge in [0.1, 0.15) is 0 Å². The summed E-state index contributed by atoms with van der Waals surface area (Å²) in [6, 6.07) is 15.6. The van der Waals surface area contributed by atoms with Crippen molar-refractivity contribution in [2.45, 2.75) is 39.2 Å². The highest BCUT2D eigenvalue weighted by Crippen LogP contribution is 2.35. The molecule has 2 heteroatoms. The Morgan fingerprint density at radius 2 is 1.77 bits per heavy atom. The third-order valence-corrected chi connectivity index (χ3v) is 4.35. The van der Waals surface area contributed by atoms with Crippen LogP contribution in [0.4, 0.5) is 0 Å². The first-order chi connectivity index (χ1) is 10.2. The first-order valence-corrected chi connectivity index (χ1v) is 7.79. The van der Waals surface area contributed by atoms with Gasteiger partial charge in [0, 0.05) is 6.04 Å². The number of aryl methyl sites for hydroxylation is 2. The van der Waals surface area contributed by atoms with Crippen molar-refractivity contribution < 1.29 is 0 Å². The average molecular weight is 314 g/mol. The highest BCUT2D eigenvalue weighted by molar-refractivity contribution is 5.85. The maximum Gasteiger partial charge on any atom is 0.00453 e. The molecule has 2 aromatic rings. The zero-order valence-electron chi connectivity index (χ0n) is 13.3. The molecule has 0 radical (unpaired) electrons. The maximum absolute atomic E-state index is 5.97. The van der Waals surface area contributed by atoms with E-state index in [0.717, 1.165) is 19.3 Å². The molecule has 1 aliphatic carbocycles. The lowest BCUT2D eigenvalue weighted by Crippen LogP contribution is -2.13. The van der Waals surface area contributed by atoms with Crippen LogP contribution in [0.5, 0.6) is 0 Å². The van der Waals surface area contributed by atoms with Crippen LogP contribution in [-0.2, 0) is 12.8 Å². The molecular formula is C20H24ClN. The number of hydrogen-bond acceptors (Lipinski definition) is 1. The van der Waals surface area contributed by atoms with E-state index in [2.05, 4.69) is 62.4 Å². The van der Waals surface area contributed by atoms with E-state index in [-0.39, 0.29) is 18.4 Å². The summed E-state index contributed by atoms with van der Waals surface area (Å²) in [4.78, 5) is 0. The summed E-state index contributed by atoms with van der Waals surface area (Å²) in [6.07, 6.45) is 5.47. The Morgan fingerprint density at radius 3 is 2.55 bits per heavy atom. The van der Waals surface area contributed by atoms with Crippen LogP contribution in [0.15, 0.2) is 48.5 Å². The van der Waals surface area contributed by atoms with Crippen LogP contribution in [0.1, 0.15) is 41.2 Å². The molecule has 1 atom stereocenters. The van der Waals surface area contributed by atoms with Gasteiger partial charge < -0.3 is 5.73 Å². The highest BCUT2D eigenvalue weighted by atomic mass is 35.5. The van der Waals surface area contributed by atoms with Crippen molar-refractivity contribution in [2.24, 2.45) is 5.73 Å². The van der Waals surface area contributed by atoms with Crippen molar-refractivity contribution in [3.8, 4) is 0 Å². The predicted octanol–water partition coefficient (Wildman–Crippen LogP) is 4.68.